The van der Waals surface area contributed by atoms with E-state index in [2.05, 4.69) is 23.5 Å². The molecule has 1 rings (SSSR count). The van der Waals surface area contributed by atoms with Crippen molar-refractivity contribution >= 4 is 5.91 Å². The summed E-state index contributed by atoms with van der Waals surface area (Å²) in [5, 5.41) is 12.0. The van der Waals surface area contributed by atoms with Gasteiger partial charge >= 0.3 is 0 Å². The van der Waals surface area contributed by atoms with Gasteiger partial charge in [-0.05, 0) is 12.8 Å². The number of nitriles is 1. The predicted octanol–water partition coefficient (Wildman–Crippen LogP) is 0.756. The van der Waals surface area contributed by atoms with Crippen LogP contribution in [-0.2, 0) is 11.3 Å². The molecule has 4 heteroatoms. The van der Waals surface area contributed by atoms with E-state index in [1.54, 1.807) is 6.92 Å². The molecule has 1 unspecified atom stereocenters. The molecule has 1 aromatic carbocycles. The normalized spacial score (nSPS) is 15.2. The summed E-state index contributed by atoms with van der Waals surface area (Å²) in [6.07, 6.45) is 0. The molecule has 0 fully saturated rings. The van der Waals surface area contributed by atoms with Crippen molar-refractivity contribution in [1.29, 1.82) is 5.26 Å². The smallest absolute Gasteiger partial charge is 0.276 e. The number of carbonyl (C=O) groups is 1. The molecule has 1 aromatic rings. The van der Waals surface area contributed by atoms with Gasteiger partial charge in [-0.1, -0.05) is 44.2 Å². The molecule has 108 valence electrons. The molecular weight excluding hydrogens is 250 g/mol. The van der Waals surface area contributed by atoms with E-state index in [1.807, 2.05) is 39.1 Å². The fourth-order valence-corrected chi connectivity index (χ4v) is 1.92. The molecule has 4 nitrogen and oxygen atoms in total. The molecule has 2 N–H and O–H groups in total. The van der Waals surface area contributed by atoms with E-state index >= 15 is 0 Å². The van der Waals surface area contributed by atoms with Gasteiger partial charge in [0.05, 0.1) is 13.1 Å². The summed E-state index contributed by atoms with van der Waals surface area (Å²) in [5.41, 5.74) is 0.397. The highest BCUT2D eigenvalue weighted by Crippen LogP contribution is 2.14. The van der Waals surface area contributed by atoms with Crippen LogP contribution in [-0.4, -0.2) is 25.0 Å². The first kappa shape index (κ1) is 16.2. The van der Waals surface area contributed by atoms with Crippen LogP contribution in [0, 0.1) is 17.2 Å². The fraction of sp³-hybridized carbons (Fsp3) is 0.500. The lowest BCUT2D eigenvalue weighted by molar-refractivity contribution is -0.885. The Morgan fingerprint density at radius 2 is 2.00 bits per heavy atom. The number of nitrogens with zero attached hydrogens (tertiary/aromatic N) is 1. The van der Waals surface area contributed by atoms with Crippen molar-refractivity contribution in [3.63, 3.8) is 0 Å². The molecule has 0 saturated carbocycles. The number of carbonyl (C=O) groups excluding carboxylic acids is 1. The maximum absolute atomic E-state index is 12.0. The molecule has 0 aromatic heterocycles. The molecule has 0 bridgehead atoms. The number of amides is 1. The van der Waals surface area contributed by atoms with Gasteiger partial charge in [-0.25, -0.2) is 0 Å². The Labute approximate surface area is 121 Å². The Morgan fingerprint density at radius 3 is 2.50 bits per heavy atom. The first-order chi connectivity index (χ1) is 9.37. The van der Waals surface area contributed by atoms with Gasteiger partial charge in [0.15, 0.2) is 6.54 Å². The monoisotopic (exact) mass is 274 g/mol. The zero-order valence-electron chi connectivity index (χ0n) is 12.7. The van der Waals surface area contributed by atoms with Crippen LogP contribution in [0.25, 0.3) is 0 Å². The second-order valence-electron chi connectivity index (χ2n) is 5.81. The third kappa shape index (κ3) is 4.67. The maximum atomic E-state index is 12.0. The number of quaternary nitrogens is 1. The first-order valence-electron chi connectivity index (χ1n) is 6.95. The van der Waals surface area contributed by atoms with Gasteiger partial charge in [0, 0.05) is 5.56 Å². The van der Waals surface area contributed by atoms with Crippen molar-refractivity contribution in [1.82, 2.24) is 5.32 Å². The number of likely N-dealkylation sites (N-methyl/N-ethyl adjacent to an activating group) is 1. The van der Waals surface area contributed by atoms with Crippen LogP contribution < -0.4 is 10.2 Å². The number of benzene rings is 1. The topological polar surface area (TPSA) is 57.3 Å². The average Bonchev–Trinajstić information content (AvgIpc) is 2.39. The molecule has 0 aliphatic carbocycles. The molecular formula is C16H24N3O+. The van der Waals surface area contributed by atoms with Crippen molar-refractivity contribution in [3.8, 4) is 6.07 Å². The Bertz CT molecular complexity index is 478. The summed E-state index contributed by atoms with van der Waals surface area (Å²) >= 11 is 0. The van der Waals surface area contributed by atoms with E-state index in [0.29, 0.717) is 6.54 Å². The largest absolute Gasteiger partial charge is 0.333 e. The number of hydrogen-bond acceptors (Lipinski definition) is 2. The first-order valence-corrected chi connectivity index (χ1v) is 6.95. The van der Waals surface area contributed by atoms with Gasteiger partial charge < -0.3 is 10.2 Å². The van der Waals surface area contributed by atoms with E-state index in [4.69, 9.17) is 0 Å². The molecule has 0 aliphatic rings. The summed E-state index contributed by atoms with van der Waals surface area (Å²) < 4.78 is 0. The zero-order chi connectivity index (χ0) is 15.2. The second kappa shape index (κ2) is 7.06. The number of rotatable bonds is 6. The van der Waals surface area contributed by atoms with E-state index in [9.17, 15) is 10.1 Å². The van der Waals surface area contributed by atoms with Crippen LogP contribution >= 0.6 is 0 Å². The Balaban J connectivity index is 2.52. The van der Waals surface area contributed by atoms with Crippen LogP contribution in [0.3, 0.4) is 0 Å². The highest BCUT2D eigenvalue weighted by atomic mass is 16.2. The van der Waals surface area contributed by atoms with E-state index < -0.39 is 5.54 Å². The molecule has 0 saturated heterocycles. The van der Waals surface area contributed by atoms with Crippen LogP contribution in [0.4, 0.5) is 0 Å². The predicted molar refractivity (Wildman–Crippen MR) is 78.9 cm³/mol. The van der Waals surface area contributed by atoms with Gasteiger partial charge in [0.1, 0.15) is 12.1 Å². The Hall–Kier alpha value is -1.86. The lowest BCUT2D eigenvalue weighted by Crippen LogP contribution is -3.09. The van der Waals surface area contributed by atoms with Crippen molar-refractivity contribution in [2.24, 2.45) is 5.92 Å². The van der Waals surface area contributed by atoms with Gasteiger partial charge in [0.25, 0.3) is 5.91 Å². The van der Waals surface area contributed by atoms with Crippen LogP contribution in [0.2, 0.25) is 0 Å². The Morgan fingerprint density at radius 1 is 1.40 bits per heavy atom. The van der Waals surface area contributed by atoms with Gasteiger partial charge in [0.2, 0.25) is 0 Å². The van der Waals surface area contributed by atoms with Crippen molar-refractivity contribution < 1.29 is 9.69 Å². The summed E-state index contributed by atoms with van der Waals surface area (Å²) in [6.45, 7) is 6.79. The molecule has 2 atom stereocenters. The fourth-order valence-electron chi connectivity index (χ4n) is 1.92. The maximum Gasteiger partial charge on any atom is 0.276 e. The molecule has 0 spiro atoms. The molecule has 0 heterocycles. The summed E-state index contributed by atoms with van der Waals surface area (Å²) in [7, 11) is 1.98. The lowest BCUT2D eigenvalue weighted by atomic mass is 9.90. The summed E-state index contributed by atoms with van der Waals surface area (Å²) in [5.74, 6) is -0.0120. The van der Waals surface area contributed by atoms with Gasteiger partial charge in [-0.15, -0.1) is 0 Å². The summed E-state index contributed by atoms with van der Waals surface area (Å²) in [4.78, 5) is 13.1. The number of hydrogen-bond donors (Lipinski definition) is 2. The van der Waals surface area contributed by atoms with Crippen LogP contribution in [0.1, 0.15) is 26.3 Å². The zero-order valence-corrected chi connectivity index (χ0v) is 12.7. The van der Waals surface area contributed by atoms with Gasteiger partial charge in [-0.2, -0.15) is 5.26 Å². The van der Waals surface area contributed by atoms with Crippen molar-refractivity contribution in [2.75, 3.05) is 13.6 Å². The summed E-state index contributed by atoms with van der Waals surface area (Å²) in [6, 6.07) is 12.3. The van der Waals surface area contributed by atoms with E-state index in [0.717, 1.165) is 11.4 Å². The second-order valence-corrected chi connectivity index (χ2v) is 5.81. The SMILES string of the molecule is CC(C)[C@](C)(C#N)NC(=O)C[NH+](C)Cc1ccccc1. The highest BCUT2D eigenvalue weighted by Gasteiger charge is 2.30. The molecule has 1 amide bonds. The van der Waals surface area contributed by atoms with Gasteiger partial charge in [-0.3, -0.25) is 4.79 Å². The molecule has 0 radical (unpaired) electrons. The lowest BCUT2D eigenvalue weighted by Gasteiger charge is -2.27. The van der Waals surface area contributed by atoms with E-state index in [1.165, 1.54) is 5.56 Å². The van der Waals surface area contributed by atoms with Crippen LogP contribution in [0.5, 0.6) is 0 Å². The molecule has 0 aliphatic heterocycles. The quantitative estimate of drug-likeness (QED) is 0.804. The average molecular weight is 274 g/mol. The third-order valence-electron chi connectivity index (χ3n) is 3.60. The third-order valence-corrected chi connectivity index (χ3v) is 3.60. The minimum Gasteiger partial charge on any atom is -0.333 e. The number of nitrogens with one attached hydrogen (secondary N) is 2. The Kier molecular flexibility index (Phi) is 5.72. The minimum absolute atomic E-state index is 0.0749. The highest BCUT2D eigenvalue weighted by molar-refractivity contribution is 5.78. The van der Waals surface area contributed by atoms with Crippen molar-refractivity contribution in [3.05, 3.63) is 35.9 Å². The standard InChI is InChI=1S/C16H23N3O/c1-13(2)16(3,12-17)18-15(20)11-19(4)10-14-8-6-5-7-9-14/h5-9,13H,10-11H2,1-4H3,(H,18,20)/p+1/t16-/m0/s1. The molecule has 20 heavy (non-hydrogen) atoms. The van der Waals surface area contributed by atoms with Crippen molar-refractivity contribution in [2.45, 2.75) is 32.9 Å². The van der Waals surface area contributed by atoms with E-state index in [-0.39, 0.29) is 11.8 Å². The van der Waals surface area contributed by atoms with Crippen LogP contribution in [0.15, 0.2) is 30.3 Å². The minimum atomic E-state index is -0.801.